The van der Waals surface area contributed by atoms with Gasteiger partial charge in [-0.3, -0.25) is 15.0 Å². The number of nitrogens with two attached hydrogens (primary N) is 1. The fraction of sp³-hybridized carbons (Fsp3) is 0.238. The number of ether oxygens (including phenoxy) is 1. The van der Waals surface area contributed by atoms with E-state index in [0.29, 0.717) is 6.54 Å². The second-order valence-corrected chi connectivity index (χ2v) is 7.36. The number of benzene rings is 1. The number of hydrogen-bond acceptors (Lipinski definition) is 7. The lowest BCUT2D eigenvalue weighted by atomic mass is 10.1. The van der Waals surface area contributed by atoms with Gasteiger partial charge in [0.2, 0.25) is 5.82 Å². The van der Waals surface area contributed by atoms with Crippen LogP contribution >= 0.6 is 15.9 Å². The zero-order valence-electron chi connectivity index (χ0n) is 17.4. The number of rotatable bonds is 9. The summed E-state index contributed by atoms with van der Waals surface area (Å²) in [6.45, 7) is 12.0. The van der Waals surface area contributed by atoms with Crippen molar-refractivity contribution in [1.82, 2.24) is 4.98 Å². The van der Waals surface area contributed by atoms with Crippen molar-refractivity contribution in [3.63, 3.8) is 0 Å². The first kappa shape index (κ1) is 23.9. The monoisotopic (exact) mass is 489 g/mol. The number of amides is 1. The minimum atomic E-state index is -0.739. The summed E-state index contributed by atoms with van der Waals surface area (Å²) in [4.78, 5) is 30.7. The van der Waals surface area contributed by atoms with E-state index < -0.39 is 16.7 Å². The van der Waals surface area contributed by atoms with Crippen LogP contribution in [0.2, 0.25) is 0 Å². The number of anilines is 3. The van der Waals surface area contributed by atoms with Gasteiger partial charge >= 0.3 is 11.8 Å². The van der Waals surface area contributed by atoms with Crippen LogP contribution in [0.15, 0.2) is 59.9 Å². The van der Waals surface area contributed by atoms with Gasteiger partial charge in [0.25, 0.3) is 0 Å². The minimum absolute atomic E-state index is 0.0154. The van der Waals surface area contributed by atoms with E-state index in [1.807, 2.05) is 36.1 Å². The molecule has 1 aromatic carbocycles. The summed E-state index contributed by atoms with van der Waals surface area (Å²) >= 11 is 3.18. The lowest BCUT2D eigenvalue weighted by Crippen LogP contribution is -2.32. The molecule has 0 aliphatic heterocycles. The molecule has 2 aromatic rings. The molecule has 164 valence electrons. The van der Waals surface area contributed by atoms with Crippen LogP contribution in [0.4, 0.5) is 27.7 Å². The number of carbonyl (C=O) groups excluding carboxylic acids is 1. The summed E-state index contributed by atoms with van der Waals surface area (Å²) in [5.74, 6) is -0.308. The Hall–Kier alpha value is -3.40. The lowest BCUT2D eigenvalue weighted by molar-refractivity contribution is -0.383. The highest BCUT2D eigenvalue weighted by Crippen LogP contribution is 2.36. The molecule has 0 saturated carbocycles. The first-order chi connectivity index (χ1) is 14.7. The molecule has 0 fully saturated rings. The molecule has 10 heteroatoms. The van der Waals surface area contributed by atoms with Crippen LogP contribution in [0.1, 0.15) is 19.4 Å². The Morgan fingerprint density at radius 2 is 2.10 bits per heavy atom. The van der Waals surface area contributed by atoms with Crippen molar-refractivity contribution in [2.45, 2.75) is 20.4 Å². The quantitative estimate of drug-likeness (QED) is 0.227. The molecule has 1 amide bonds. The van der Waals surface area contributed by atoms with E-state index in [1.165, 1.54) is 11.0 Å². The highest BCUT2D eigenvalue weighted by molar-refractivity contribution is 9.10. The van der Waals surface area contributed by atoms with Crippen LogP contribution in [0, 0.1) is 10.1 Å². The van der Waals surface area contributed by atoms with Crippen molar-refractivity contribution in [2.24, 2.45) is 0 Å². The molecule has 0 atom stereocenters. The Morgan fingerprint density at radius 3 is 2.68 bits per heavy atom. The summed E-state index contributed by atoms with van der Waals surface area (Å²) in [6, 6.07) is 8.78. The number of nitrogens with zero attached hydrogens (tertiary/aromatic N) is 4. The number of halogens is 1. The summed E-state index contributed by atoms with van der Waals surface area (Å²) in [5.41, 5.74) is 7.67. The van der Waals surface area contributed by atoms with Gasteiger partial charge in [0.1, 0.15) is 10.3 Å². The predicted molar refractivity (Wildman–Crippen MR) is 125 cm³/mol. The topological polar surface area (TPSA) is 115 Å². The van der Waals surface area contributed by atoms with Gasteiger partial charge in [-0.25, -0.2) is 9.78 Å². The molecule has 2 N–H and O–H groups in total. The number of nitro groups is 1. The second-order valence-electron chi connectivity index (χ2n) is 6.54. The van der Waals surface area contributed by atoms with Gasteiger partial charge in [0.15, 0.2) is 0 Å². The van der Waals surface area contributed by atoms with Gasteiger partial charge in [-0.05, 0) is 47.5 Å². The van der Waals surface area contributed by atoms with Crippen LogP contribution in [0.5, 0.6) is 0 Å². The molecule has 0 bridgehead atoms. The number of hydrogen-bond donors (Lipinski definition) is 1. The SMILES string of the molecule is C=CCN(C(=C)C)c1cccc(CN(C(=O)OCC)c2cc(Br)nc(N)c2[N+](=O)[O-])c1. The maximum Gasteiger partial charge on any atom is 0.414 e. The van der Waals surface area contributed by atoms with Crippen LogP contribution in [-0.4, -0.2) is 29.2 Å². The maximum absolute atomic E-state index is 12.7. The third-order valence-corrected chi connectivity index (χ3v) is 4.67. The van der Waals surface area contributed by atoms with Gasteiger partial charge in [-0.15, -0.1) is 6.58 Å². The molecule has 0 radical (unpaired) electrons. The van der Waals surface area contributed by atoms with Gasteiger partial charge in [-0.2, -0.15) is 0 Å². The number of aromatic nitrogens is 1. The molecule has 31 heavy (non-hydrogen) atoms. The first-order valence-corrected chi connectivity index (χ1v) is 10.2. The van der Waals surface area contributed by atoms with Crippen LogP contribution in [0.3, 0.4) is 0 Å². The molecule has 0 aliphatic rings. The number of pyridine rings is 1. The highest BCUT2D eigenvalue weighted by atomic mass is 79.9. The predicted octanol–water partition coefficient (Wildman–Crippen LogP) is 5.02. The van der Waals surface area contributed by atoms with E-state index in [-0.39, 0.29) is 29.3 Å². The Morgan fingerprint density at radius 1 is 1.39 bits per heavy atom. The summed E-state index contributed by atoms with van der Waals surface area (Å²) < 4.78 is 5.41. The number of nitrogen functional groups attached to an aromatic ring is 1. The molecule has 1 heterocycles. The smallest absolute Gasteiger partial charge is 0.414 e. The van der Waals surface area contributed by atoms with Crippen molar-refractivity contribution < 1.29 is 14.5 Å². The average Bonchev–Trinajstić information content (AvgIpc) is 2.69. The Labute approximate surface area is 189 Å². The summed E-state index contributed by atoms with van der Waals surface area (Å²) in [7, 11) is 0. The molecule has 0 unspecified atom stereocenters. The zero-order valence-corrected chi connectivity index (χ0v) is 19.0. The van der Waals surface area contributed by atoms with Gasteiger partial charge in [0.05, 0.1) is 18.1 Å². The average molecular weight is 490 g/mol. The first-order valence-electron chi connectivity index (χ1n) is 9.37. The van der Waals surface area contributed by atoms with E-state index in [1.54, 1.807) is 13.0 Å². The van der Waals surface area contributed by atoms with E-state index in [2.05, 4.69) is 34.1 Å². The summed E-state index contributed by atoms with van der Waals surface area (Å²) in [6.07, 6.45) is 1.02. The van der Waals surface area contributed by atoms with Crippen LogP contribution in [-0.2, 0) is 11.3 Å². The molecule has 0 aliphatic carbocycles. The standard InChI is InChI=1S/C21H24BrN5O4/c1-5-10-25(14(3)4)16-9-7-8-15(11-16)13-26(21(28)31-6-2)17-12-18(22)24-20(23)19(17)27(29)30/h5,7-9,11-12H,1,3,6,10,13H2,2,4H3,(H2,23,24). The number of carbonyl (C=O) groups is 1. The van der Waals surface area contributed by atoms with Crippen molar-refractivity contribution in [3.05, 3.63) is 75.5 Å². The molecule has 9 nitrogen and oxygen atoms in total. The van der Waals surface area contributed by atoms with E-state index in [4.69, 9.17) is 10.5 Å². The normalized spacial score (nSPS) is 10.3. The second kappa shape index (κ2) is 10.6. The zero-order chi connectivity index (χ0) is 23.1. The third kappa shape index (κ3) is 5.82. The fourth-order valence-electron chi connectivity index (χ4n) is 2.97. The molecular formula is C21H24BrN5O4. The molecule has 0 saturated heterocycles. The molecule has 2 rings (SSSR count). The van der Waals surface area contributed by atoms with Gasteiger partial charge in [0, 0.05) is 24.0 Å². The maximum atomic E-state index is 12.7. The van der Waals surface area contributed by atoms with Crippen LogP contribution in [0.25, 0.3) is 0 Å². The molecule has 0 spiro atoms. The Kier molecular flexibility index (Phi) is 8.14. The van der Waals surface area contributed by atoms with E-state index >= 15 is 0 Å². The highest BCUT2D eigenvalue weighted by Gasteiger charge is 2.30. The lowest BCUT2D eigenvalue weighted by Gasteiger charge is -2.25. The minimum Gasteiger partial charge on any atom is -0.449 e. The summed E-state index contributed by atoms with van der Waals surface area (Å²) in [5, 5.41) is 11.6. The third-order valence-electron chi connectivity index (χ3n) is 4.27. The van der Waals surface area contributed by atoms with Crippen molar-refractivity contribution >= 4 is 44.9 Å². The van der Waals surface area contributed by atoms with Crippen molar-refractivity contribution in [2.75, 3.05) is 28.7 Å². The molecule has 1 aromatic heterocycles. The largest absolute Gasteiger partial charge is 0.449 e. The van der Waals surface area contributed by atoms with Crippen molar-refractivity contribution in [1.29, 1.82) is 0 Å². The number of allylic oxidation sites excluding steroid dienone is 1. The van der Waals surface area contributed by atoms with E-state index in [9.17, 15) is 14.9 Å². The Balaban J connectivity index is 2.55. The van der Waals surface area contributed by atoms with Gasteiger partial charge < -0.3 is 15.4 Å². The van der Waals surface area contributed by atoms with Crippen molar-refractivity contribution in [3.8, 4) is 0 Å². The molecular weight excluding hydrogens is 466 g/mol. The van der Waals surface area contributed by atoms with E-state index in [0.717, 1.165) is 16.9 Å². The Bertz CT molecular complexity index is 1010. The fourth-order valence-corrected chi connectivity index (χ4v) is 3.38. The van der Waals surface area contributed by atoms with Crippen LogP contribution < -0.4 is 15.5 Å². The van der Waals surface area contributed by atoms with Gasteiger partial charge in [-0.1, -0.05) is 24.8 Å².